The van der Waals surface area contributed by atoms with Crippen molar-refractivity contribution < 1.29 is 19.1 Å². The number of rotatable bonds is 6. The summed E-state index contributed by atoms with van der Waals surface area (Å²) in [7, 11) is 1.29. The summed E-state index contributed by atoms with van der Waals surface area (Å²) in [6, 6.07) is 12.1. The number of nitrogens with one attached hydrogen (secondary N) is 1. The van der Waals surface area contributed by atoms with Gasteiger partial charge in [0.25, 0.3) is 5.91 Å². The molecule has 0 atom stereocenters. The van der Waals surface area contributed by atoms with Gasteiger partial charge >= 0.3 is 5.97 Å². The van der Waals surface area contributed by atoms with Crippen LogP contribution in [0.4, 0.5) is 11.4 Å². The van der Waals surface area contributed by atoms with E-state index >= 15 is 0 Å². The molecule has 0 saturated heterocycles. The molecule has 0 fully saturated rings. The maximum atomic E-state index is 12.2. The summed E-state index contributed by atoms with van der Waals surface area (Å²) in [5, 5.41) is 2.83. The maximum Gasteiger partial charge on any atom is 0.337 e. The number of amides is 1. The third-order valence-corrected chi connectivity index (χ3v) is 3.65. The van der Waals surface area contributed by atoms with Crippen LogP contribution >= 0.6 is 0 Å². The molecule has 2 rings (SSSR count). The summed E-state index contributed by atoms with van der Waals surface area (Å²) in [6.07, 6.45) is 0. The molecule has 25 heavy (non-hydrogen) atoms. The first-order valence-corrected chi connectivity index (χ1v) is 7.91. The summed E-state index contributed by atoms with van der Waals surface area (Å²) < 4.78 is 10.1. The molecule has 0 aliphatic rings. The number of nitrogens with two attached hydrogens (primary N) is 1. The van der Waals surface area contributed by atoms with Crippen molar-refractivity contribution in [1.82, 2.24) is 0 Å². The number of carbonyl (C=O) groups excluding carboxylic acids is 2. The predicted molar refractivity (Wildman–Crippen MR) is 96.8 cm³/mol. The van der Waals surface area contributed by atoms with Gasteiger partial charge in [-0.2, -0.15) is 0 Å². The van der Waals surface area contributed by atoms with Gasteiger partial charge in [0.05, 0.1) is 18.4 Å². The van der Waals surface area contributed by atoms with Gasteiger partial charge in [0.1, 0.15) is 5.75 Å². The topological polar surface area (TPSA) is 90.7 Å². The van der Waals surface area contributed by atoms with Crippen LogP contribution in [-0.4, -0.2) is 25.6 Å². The minimum absolute atomic E-state index is 0.221. The lowest BCUT2D eigenvalue weighted by molar-refractivity contribution is -0.118. The fourth-order valence-electron chi connectivity index (χ4n) is 2.35. The molecular weight excluding hydrogens is 320 g/mol. The lowest BCUT2D eigenvalue weighted by atomic mass is 10.0. The van der Waals surface area contributed by atoms with Crippen LogP contribution in [0.2, 0.25) is 0 Å². The first-order valence-electron chi connectivity index (χ1n) is 7.91. The largest absolute Gasteiger partial charge is 0.482 e. The Balaban J connectivity index is 2.04. The van der Waals surface area contributed by atoms with Gasteiger partial charge in [-0.1, -0.05) is 32.0 Å². The molecule has 0 heterocycles. The van der Waals surface area contributed by atoms with Crippen molar-refractivity contribution in [3.8, 4) is 5.75 Å². The summed E-state index contributed by atoms with van der Waals surface area (Å²) in [4.78, 5) is 23.7. The molecule has 132 valence electrons. The molecule has 0 aliphatic carbocycles. The number of hydrogen-bond acceptors (Lipinski definition) is 5. The molecule has 0 radical (unpaired) electrons. The zero-order valence-corrected chi connectivity index (χ0v) is 14.5. The number of methoxy groups -OCH3 is 1. The van der Waals surface area contributed by atoms with Gasteiger partial charge < -0.3 is 20.5 Å². The third kappa shape index (κ3) is 4.73. The normalized spacial score (nSPS) is 10.4. The lowest BCUT2D eigenvalue weighted by Crippen LogP contribution is -2.21. The first kappa shape index (κ1) is 18.3. The average Bonchev–Trinajstić information content (AvgIpc) is 2.60. The molecule has 0 unspecified atom stereocenters. The number of hydrogen-bond donors (Lipinski definition) is 2. The number of para-hydroxylation sites is 1. The van der Waals surface area contributed by atoms with Crippen molar-refractivity contribution in [2.24, 2.45) is 0 Å². The molecular formula is C19H22N2O4. The van der Waals surface area contributed by atoms with E-state index in [1.165, 1.54) is 25.3 Å². The van der Waals surface area contributed by atoms with Gasteiger partial charge in [0.2, 0.25) is 0 Å². The molecule has 0 spiro atoms. The molecule has 3 N–H and O–H groups in total. The minimum atomic E-state index is -0.500. The molecule has 1 amide bonds. The Bertz CT molecular complexity index is 772. The van der Waals surface area contributed by atoms with Crippen molar-refractivity contribution >= 4 is 23.3 Å². The van der Waals surface area contributed by atoms with Crippen LogP contribution in [0, 0.1) is 0 Å². The molecule has 6 heteroatoms. The first-order chi connectivity index (χ1) is 11.9. The Morgan fingerprint density at radius 1 is 1.16 bits per heavy atom. The van der Waals surface area contributed by atoms with E-state index in [0.29, 0.717) is 11.3 Å². The minimum Gasteiger partial charge on any atom is -0.482 e. The van der Waals surface area contributed by atoms with Crippen LogP contribution in [0.25, 0.3) is 0 Å². The molecule has 0 aromatic heterocycles. The van der Waals surface area contributed by atoms with Gasteiger partial charge in [0.15, 0.2) is 6.61 Å². The van der Waals surface area contributed by atoms with E-state index in [1.54, 1.807) is 0 Å². The summed E-state index contributed by atoms with van der Waals surface area (Å²) in [5.41, 5.74) is 8.26. The average molecular weight is 342 g/mol. The summed E-state index contributed by atoms with van der Waals surface area (Å²) in [6.45, 7) is 3.89. The number of carbonyl (C=O) groups is 2. The Kier molecular flexibility index (Phi) is 6.00. The highest BCUT2D eigenvalue weighted by Crippen LogP contribution is 2.25. The van der Waals surface area contributed by atoms with Crippen molar-refractivity contribution in [2.45, 2.75) is 19.8 Å². The molecule has 0 aliphatic heterocycles. The van der Waals surface area contributed by atoms with Crippen LogP contribution in [0.5, 0.6) is 5.75 Å². The second-order valence-corrected chi connectivity index (χ2v) is 5.82. The SMILES string of the molecule is COC(=O)c1ccc(N)c(OCC(=O)Nc2ccccc2C(C)C)c1. The molecule has 0 bridgehead atoms. The van der Waals surface area contributed by atoms with E-state index < -0.39 is 5.97 Å². The second-order valence-electron chi connectivity index (χ2n) is 5.82. The van der Waals surface area contributed by atoms with Crippen LogP contribution < -0.4 is 15.8 Å². The third-order valence-electron chi connectivity index (χ3n) is 3.65. The summed E-state index contributed by atoms with van der Waals surface area (Å²) >= 11 is 0. The quantitative estimate of drug-likeness (QED) is 0.621. The van der Waals surface area contributed by atoms with E-state index in [9.17, 15) is 9.59 Å². The number of anilines is 2. The van der Waals surface area contributed by atoms with Crippen molar-refractivity contribution in [3.05, 3.63) is 53.6 Å². The van der Waals surface area contributed by atoms with Crippen molar-refractivity contribution in [2.75, 3.05) is 24.8 Å². The van der Waals surface area contributed by atoms with Crippen molar-refractivity contribution in [1.29, 1.82) is 0 Å². The van der Waals surface area contributed by atoms with E-state index in [0.717, 1.165) is 11.3 Å². The van der Waals surface area contributed by atoms with E-state index in [-0.39, 0.29) is 24.2 Å². The van der Waals surface area contributed by atoms with Crippen LogP contribution in [0.1, 0.15) is 35.7 Å². The highest BCUT2D eigenvalue weighted by molar-refractivity contribution is 5.93. The Morgan fingerprint density at radius 3 is 2.56 bits per heavy atom. The van der Waals surface area contributed by atoms with Crippen LogP contribution in [0.15, 0.2) is 42.5 Å². The Labute approximate surface area is 146 Å². The second kappa shape index (κ2) is 8.19. The molecule has 0 saturated carbocycles. The monoisotopic (exact) mass is 342 g/mol. The number of ether oxygens (including phenoxy) is 2. The fraction of sp³-hybridized carbons (Fsp3) is 0.263. The van der Waals surface area contributed by atoms with Gasteiger partial charge in [-0.25, -0.2) is 4.79 Å². The molecule has 2 aromatic carbocycles. The molecule has 2 aromatic rings. The number of nitrogen functional groups attached to an aromatic ring is 1. The summed E-state index contributed by atoms with van der Waals surface area (Å²) in [5.74, 6) is -0.267. The fourth-order valence-corrected chi connectivity index (χ4v) is 2.35. The smallest absolute Gasteiger partial charge is 0.337 e. The zero-order chi connectivity index (χ0) is 18.4. The van der Waals surface area contributed by atoms with E-state index in [2.05, 4.69) is 23.9 Å². The van der Waals surface area contributed by atoms with Gasteiger partial charge in [-0.3, -0.25) is 4.79 Å². The highest BCUT2D eigenvalue weighted by Gasteiger charge is 2.12. The van der Waals surface area contributed by atoms with Gasteiger partial charge in [-0.15, -0.1) is 0 Å². The maximum absolute atomic E-state index is 12.2. The van der Waals surface area contributed by atoms with Gasteiger partial charge in [-0.05, 0) is 35.7 Å². The van der Waals surface area contributed by atoms with Gasteiger partial charge in [0, 0.05) is 5.69 Å². The zero-order valence-electron chi connectivity index (χ0n) is 14.5. The standard InChI is InChI=1S/C19H22N2O4/c1-12(2)14-6-4-5-7-16(14)21-18(22)11-25-17-10-13(19(23)24-3)8-9-15(17)20/h4-10,12H,11,20H2,1-3H3,(H,21,22). The van der Waals surface area contributed by atoms with E-state index in [4.69, 9.17) is 10.5 Å². The highest BCUT2D eigenvalue weighted by atomic mass is 16.5. The lowest BCUT2D eigenvalue weighted by Gasteiger charge is -2.14. The van der Waals surface area contributed by atoms with E-state index in [1.807, 2.05) is 24.3 Å². The van der Waals surface area contributed by atoms with Crippen LogP contribution in [-0.2, 0) is 9.53 Å². The van der Waals surface area contributed by atoms with Crippen LogP contribution in [0.3, 0.4) is 0 Å². The number of esters is 1. The Morgan fingerprint density at radius 2 is 1.88 bits per heavy atom. The molecule has 6 nitrogen and oxygen atoms in total. The number of benzene rings is 2. The predicted octanol–water partition coefficient (Wildman–Crippen LogP) is 3.20. The Hall–Kier alpha value is -3.02. The van der Waals surface area contributed by atoms with Crippen molar-refractivity contribution in [3.63, 3.8) is 0 Å².